The Morgan fingerprint density at radius 3 is 2.02 bits per heavy atom. The minimum Gasteiger partial charge on any atom is -0.396 e. The van der Waals surface area contributed by atoms with Gasteiger partial charge in [-0.15, -0.1) is 4.33 Å². The van der Waals surface area contributed by atoms with Gasteiger partial charge in [0.15, 0.2) is 0 Å². The maximum atomic E-state index is 10.2. The first-order chi connectivity index (χ1) is 19.6. The highest BCUT2D eigenvalue weighted by molar-refractivity contribution is 7.93. The van der Waals surface area contributed by atoms with E-state index in [4.69, 9.17) is 9.99 Å². The van der Waals surface area contributed by atoms with Gasteiger partial charge in [0.25, 0.3) is 0 Å². The third-order valence-corrected chi connectivity index (χ3v) is 14.0. The first kappa shape index (κ1) is 32.3. The van der Waals surface area contributed by atoms with Crippen molar-refractivity contribution in [2.45, 2.75) is 130 Å². The Bertz CT molecular complexity index is 872. The van der Waals surface area contributed by atoms with Crippen LogP contribution in [0.15, 0.2) is 12.2 Å². The molecule has 0 spiro atoms. The Kier molecular flexibility index (Phi) is 10.3. The third-order valence-electron chi connectivity index (χ3n) is 13.8. The number of rotatable bonds is 5. The van der Waals surface area contributed by atoms with Crippen molar-refractivity contribution >= 4 is 12.0 Å². The molecule has 6 aliphatic carbocycles. The van der Waals surface area contributed by atoms with Crippen LogP contribution in [0.3, 0.4) is 0 Å². The fraction of sp³-hybridized carbons (Fsp3) is 0.943. The van der Waals surface area contributed by atoms with Gasteiger partial charge in [-0.3, -0.25) is 0 Å². The van der Waals surface area contributed by atoms with Gasteiger partial charge in [0.2, 0.25) is 0 Å². The topological polar surface area (TPSA) is 68.2 Å². The molecule has 5 saturated carbocycles. The van der Waals surface area contributed by atoms with Crippen LogP contribution in [0.5, 0.6) is 0 Å². The highest BCUT2D eigenvalue weighted by Gasteiger charge is 2.61. The van der Waals surface area contributed by atoms with Crippen molar-refractivity contribution in [2.24, 2.45) is 57.2 Å². The average molecular weight is 593 g/mol. The maximum absolute atomic E-state index is 10.2. The number of allylic oxidation sites excluding steroid dienone is 2. The van der Waals surface area contributed by atoms with Gasteiger partial charge in [-0.1, -0.05) is 51.3 Å². The fourth-order valence-corrected chi connectivity index (χ4v) is 12.4. The Morgan fingerprint density at radius 1 is 0.829 bits per heavy atom. The highest BCUT2D eigenvalue weighted by Crippen LogP contribution is 2.68. The Balaban J connectivity index is 0.000000142. The summed E-state index contributed by atoms with van der Waals surface area (Å²) in [6.45, 7) is 11.6. The molecule has 0 aromatic rings. The summed E-state index contributed by atoms with van der Waals surface area (Å²) in [6, 6.07) is 0. The van der Waals surface area contributed by atoms with E-state index in [-0.39, 0.29) is 5.41 Å². The van der Waals surface area contributed by atoms with E-state index in [9.17, 15) is 5.11 Å². The van der Waals surface area contributed by atoms with Gasteiger partial charge in [-0.05, 0) is 142 Å². The smallest absolute Gasteiger partial charge is 0.0575 e. The van der Waals surface area contributed by atoms with Crippen LogP contribution in [-0.4, -0.2) is 35.9 Å². The zero-order valence-corrected chi connectivity index (χ0v) is 27.6. The molecule has 0 aromatic heterocycles. The van der Waals surface area contributed by atoms with E-state index in [2.05, 4.69) is 49.2 Å². The molecule has 9 atom stereocenters. The molecule has 8 rings (SSSR count). The molecule has 0 aromatic carbocycles. The van der Waals surface area contributed by atoms with Gasteiger partial charge >= 0.3 is 0 Å². The predicted molar refractivity (Wildman–Crippen MR) is 167 cm³/mol. The molecule has 2 heterocycles. The molecule has 41 heavy (non-hydrogen) atoms. The SMILES string of the molecule is CC1(C)C2CCC(C2)C1C1(CO)CC=CCCC1.CC1(C)C2CCC(C2)C1C12CCCC(CC1)OC2.CSOOO. The molecule has 9 unspecified atom stereocenters. The average Bonchev–Trinajstić information content (AvgIpc) is 3.61. The summed E-state index contributed by atoms with van der Waals surface area (Å²) in [5, 5.41) is 20.6. The fourth-order valence-electron chi connectivity index (χ4n) is 12.4. The molecule has 0 radical (unpaired) electrons. The normalized spacial score (nSPS) is 44.9. The van der Waals surface area contributed by atoms with Crippen molar-refractivity contribution in [1.29, 1.82) is 0 Å². The third kappa shape index (κ3) is 6.10. The number of hydrogen-bond acceptors (Lipinski definition) is 6. The van der Waals surface area contributed by atoms with Gasteiger partial charge in [-0.2, -0.15) is 0 Å². The molecule has 2 N–H and O–H groups in total. The lowest BCUT2D eigenvalue weighted by atomic mass is 9.55. The molecule has 2 aliphatic heterocycles. The van der Waals surface area contributed by atoms with Crippen molar-refractivity contribution in [3.05, 3.63) is 12.2 Å². The lowest BCUT2D eigenvalue weighted by molar-refractivity contribution is -0.432. The minimum atomic E-state index is 0.191. The first-order valence-corrected chi connectivity index (χ1v) is 18.2. The number of aliphatic hydroxyl groups is 1. The Labute approximate surface area is 255 Å². The van der Waals surface area contributed by atoms with Crippen molar-refractivity contribution in [3.8, 4) is 0 Å². The van der Waals surface area contributed by atoms with Crippen molar-refractivity contribution in [2.75, 3.05) is 19.5 Å². The van der Waals surface area contributed by atoms with E-state index in [1.54, 1.807) is 6.26 Å². The van der Waals surface area contributed by atoms with Crippen LogP contribution >= 0.6 is 12.0 Å². The quantitative estimate of drug-likeness (QED) is 0.144. The summed E-state index contributed by atoms with van der Waals surface area (Å²) in [6.07, 6.45) is 27.6. The largest absolute Gasteiger partial charge is 0.396 e. The second kappa shape index (κ2) is 13.1. The van der Waals surface area contributed by atoms with Gasteiger partial charge in [0.05, 0.1) is 12.7 Å². The van der Waals surface area contributed by atoms with Crippen molar-refractivity contribution < 1.29 is 24.5 Å². The zero-order valence-electron chi connectivity index (χ0n) is 26.7. The van der Waals surface area contributed by atoms with Crippen LogP contribution in [0.4, 0.5) is 0 Å². The van der Waals surface area contributed by atoms with Crippen LogP contribution < -0.4 is 0 Å². The number of aliphatic hydroxyl groups excluding tert-OH is 1. The molecule has 6 bridgehead atoms. The molecule has 7 fully saturated rings. The molecule has 236 valence electrons. The van der Waals surface area contributed by atoms with Crippen molar-refractivity contribution in [3.63, 3.8) is 0 Å². The standard InChI is InChI=1S/2C17H28O.CH4O3S/c1-16(2)13-6-5-12(10-13)15(16)17-8-3-4-14(7-9-17)18-11-17;1-16(2)14-8-7-13(11-14)15(16)17(12-18)9-5-3-4-6-10-17;1-5-4-3-2/h12-15H,3-11H2,1-2H3;3,5,13-15,18H,4,6-12H2,1-2H3;2H,1H3. The molecular formula is C35H60O5S. The molecule has 2 saturated heterocycles. The number of ether oxygens (including phenoxy) is 1. The Morgan fingerprint density at radius 2 is 1.51 bits per heavy atom. The monoisotopic (exact) mass is 592 g/mol. The molecule has 5 nitrogen and oxygen atoms in total. The van der Waals surface area contributed by atoms with Gasteiger partial charge in [0.1, 0.15) is 0 Å². The summed E-state index contributed by atoms with van der Waals surface area (Å²) in [5.74, 6) is 5.57. The van der Waals surface area contributed by atoms with Gasteiger partial charge in [0, 0.05) is 30.3 Å². The van der Waals surface area contributed by atoms with Crippen LogP contribution in [-0.2, 0) is 14.1 Å². The van der Waals surface area contributed by atoms with Crippen LogP contribution in [0, 0.1) is 57.2 Å². The van der Waals surface area contributed by atoms with Crippen LogP contribution in [0.2, 0.25) is 0 Å². The minimum absolute atomic E-state index is 0.191. The summed E-state index contributed by atoms with van der Waals surface area (Å²) >= 11 is 0.929. The van der Waals surface area contributed by atoms with Gasteiger partial charge in [-0.25, -0.2) is 5.26 Å². The van der Waals surface area contributed by atoms with E-state index in [0.29, 0.717) is 29.0 Å². The van der Waals surface area contributed by atoms with E-state index in [0.717, 1.165) is 60.6 Å². The highest BCUT2D eigenvalue weighted by atomic mass is 32.2. The van der Waals surface area contributed by atoms with Crippen molar-refractivity contribution in [1.82, 2.24) is 0 Å². The number of fused-ring (bicyclic) bond motifs is 8. The summed E-state index contributed by atoms with van der Waals surface area (Å²) < 4.78 is 10.0. The summed E-state index contributed by atoms with van der Waals surface area (Å²) in [5.41, 5.74) is 1.79. The Hall–Kier alpha value is -0.110. The lowest BCUT2D eigenvalue weighted by Gasteiger charge is -2.52. The number of hydrogen-bond donors (Lipinski definition) is 2. The predicted octanol–water partition coefficient (Wildman–Crippen LogP) is 9.26. The second-order valence-corrected chi connectivity index (χ2v) is 16.7. The molecule has 0 amide bonds. The summed E-state index contributed by atoms with van der Waals surface area (Å²) in [4.78, 5) is 0. The maximum Gasteiger partial charge on any atom is 0.0575 e. The summed E-state index contributed by atoms with van der Waals surface area (Å²) in [7, 11) is 0. The first-order valence-electron chi connectivity index (χ1n) is 17.0. The molecule has 8 aliphatic rings. The zero-order chi connectivity index (χ0) is 29.3. The lowest BCUT2D eigenvalue weighted by Crippen LogP contribution is -2.48. The van der Waals surface area contributed by atoms with Crippen LogP contribution in [0.25, 0.3) is 0 Å². The van der Waals surface area contributed by atoms with Gasteiger partial charge < -0.3 is 9.84 Å². The second-order valence-electron chi connectivity index (χ2n) is 16.3. The van der Waals surface area contributed by atoms with E-state index in [1.165, 1.54) is 89.9 Å². The molecular weight excluding hydrogens is 532 g/mol. The van der Waals surface area contributed by atoms with Crippen LogP contribution in [0.1, 0.15) is 124 Å². The van der Waals surface area contributed by atoms with E-state index >= 15 is 0 Å². The molecule has 6 heteroatoms. The van der Waals surface area contributed by atoms with E-state index in [1.807, 2.05) is 0 Å². The van der Waals surface area contributed by atoms with E-state index < -0.39 is 0 Å².